The summed E-state index contributed by atoms with van der Waals surface area (Å²) in [5.74, 6) is 0. The van der Waals surface area contributed by atoms with E-state index in [-0.39, 0.29) is 5.69 Å². The van der Waals surface area contributed by atoms with Crippen LogP contribution in [0.2, 0.25) is 5.15 Å². The molecule has 17 heavy (non-hydrogen) atoms. The van der Waals surface area contributed by atoms with E-state index >= 15 is 0 Å². The minimum atomic E-state index is -0.419. The predicted octanol–water partition coefficient (Wildman–Crippen LogP) is 3.79. The lowest BCUT2D eigenvalue weighted by atomic mass is 10.3. The minimum absolute atomic E-state index is 0.0853. The summed E-state index contributed by atoms with van der Waals surface area (Å²) in [5.41, 5.74) is 0.0853. The van der Waals surface area contributed by atoms with Crippen LogP contribution in [0.15, 0.2) is 52.4 Å². The van der Waals surface area contributed by atoms with Gasteiger partial charge in [0.2, 0.25) is 0 Å². The smallest absolute Gasteiger partial charge is 0.258 e. The highest BCUT2D eigenvalue weighted by atomic mass is 35.5. The molecule has 2 aromatic rings. The Balaban J connectivity index is 2.16. The van der Waals surface area contributed by atoms with E-state index in [9.17, 15) is 10.1 Å². The Morgan fingerprint density at radius 3 is 2.47 bits per heavy atom. The van der Waals surface area contributed by atoms with Crippen LogP contribution in [0.4, 0.5) is 5.69 Å². The van der Waals surface area contributed by atoms with E-state index in [1.165, 1.54) is 23.9 Å². The molecule has 0 fully saturated rings. The standard InChI is InChI=1S/C11H7ClN2O2S/c12-11-7-10(5-6-13-11)17-9-3-1-8(2-4-9)14(15)16/h1-7H. The first kappa shape index (κ1) is 11.9. The molecule has 0 saturated heterocycles. The molecule has 0 amide bonds. The molecule has 1 aromatic carbocycles. The molecule has 6 heteroatoms. The van der Waals surface area contributed by atoms with Gasteiger partial charge in [-0.3, -0.25) is 10.1 Å². The molecule has 0 N–H and O–H groups in total. The number of hydrogen-bond acceptors (Lipinski definition) is 4. The number of nitrogens with zero attached hydrogens (tertiary/aromatic N) is 2. The second kappa shape index (κ2) is 5.16. The number of nitro benzene ring substituents is 1. The molecule has 0 aliphatic rings. The van der Waals surface area contributed by atoms with Crippen molar-refractivity contribution in [3.05, 3.63) is 57.9 Å². The number of rotatable bonds is 3. The van der Waals surface area contributed by atoms with Crippen LogP contribution in [0.25, 0.3) is 0 Å². The van der Waals surface area contributed by atoms with Crippen LogP contribution in [0.5, 0.6) is 0 Å². The quantitative estimate of drug-likeness (QED) is 0.482. The second-order valence-electron chi connectivity index (χ2n) is 3.17. The van der Waals surface area contributed by atoms with Gasteiger partial charge in [-0.15, -0.1) is 0 Å². The highest BCUT2D eigenvalue weighted by Gasteiger charge is 2.05. The monoisotopic (exact) mass is 266 g/mol. The van der Waals surface area contributed by atoms with Gasteiger partial charge in [0.25, 0.3) is 5.69 Å². The van der Waals surface area contributed by atoms with Gasteiger partial charge < -0.3 is 0 Å². The number of benzene rings is 1. The maximum Gasteiger partial charge on any atom is 0.269 e. The SMILES string of the molecule is O=[N+]([O-])c1ccc(Sc2ccnc(Cl)c2)cc1. The lowest BCUT2D eigenvalue weighted by Gasteiger charge is -2.01. The first-order valence-electron chi connectivity index (χ1n) is 4.69. The summed E-state index contributed by atoms with van der Waals surface area (Å²) >= 11 is 7.24. The molecule has 4 nitrogen and oxygen atoms in total. The Bertz CT molecular complexity index is 545. The Kier molecular flexibility index (Phi) is 3.61. The van der Waals surface area contributed by atoms with E-state index in [2.05, 4.69) is 4.98 Å². The Morgan fingerprint density at radius 2 is 1.88 bits per heavy atom. The van der Waals surface area contributed by atoms with Gasteiger partial charge in [-0.2, -0.15) is 0 Å². The molecule has 0 saturated carbocycles. The van der Waals surface area contributed by atoms with Gasteiger partial charge in [0, 0.05) is 28.1 Å². The number of halogens is 1. The minimum Gasteiger partial charge on any atom is -0.258 e. The fourth-order valence-electron chi connectivity index (χ4n) is 1.22. The molecule has 0 aliphatic heterocycles. The fourth-order valence-corrected chi connectivity index (χ4v) is 2.30. The van der Waals surface area contributed by atoms with Crippen LogP contribution in [-0.4, -0.2) is 9.91 Å². The van der Waals surface area contributed by atoms with E-state index in [0.29, 0.717) is 5.15 Å². The third-order valence-electron chi connectivity index (χ3n) is 1.98. The van der Waals surface area contributed by atoms with Crippen molar-refractivity contribution >= 4 is 29.1 Å². The summed E-state index contributed by atoms with van der Waals surface area (Å²) < 4.78 is 0. The predicted molar refractivity (Wildman–Crippen MR) is 66.5 cm³/mol. The summed E-state index contributed by atoms with van der Waals surface area (Å²) in [4.78, 5) is 15.8. The average molecular weight is 267 g/mol. The molecule has 0 radical (unpaired) electrons. The van der Waals surface area contributed by atoms with Crippen LogP contribution in [0, 0.1) is 10.1 Å². The van der Waals surface area contributed by atoms with Gasteiger partial charge >= 0.3 is 0 Å². The molecule has 0 atom stereocenters. The van der Waals surface area contributed by atoms with E-state index < -0.39 is 4.92 Å². The maximum absolute atomic E-state index is 10.5. The Hall–Kier alpha value is -1.59. The number of nitro groups is 1. The molecule has 2 rings (SSSR count). The molecular formula is C11H7ClN2O2S. The van der Waals surface area contributed by atoms with Gasteiger partial charge in [0.1, 0.15) is 5.15 Å². The largest absolute Gasteiger partial charge is 0.269 e. The van der Waals surface area contributed by atoms with Gasteiger partial charge in [-0.05, 0) is 24.3 Å². The molecule has 0 bridgehead atoms. The highest BCUT2D eigenvalue weighted by molar-refractivity contribution is 7.99. The van der Waals surface area contributed by atoms with Crippen molar-refractivity contribution < 1.29 is 4.92 Å². The molecule has 0 aliphatic carbocycles. The molecule has 1 heterocycles. The lowest BCUT2D eigenvalue weighted by molar-refractivity contribution is -0.384. The topological polar surface area (TPSA) is 56.0 Å². The first-order chi connectivity index (χ1) is 8.15. The molecule has 0 spiro atoms. The van der Waals surface area contributed by atoms with Crippen LogP contribution >= 0.6 is 23.4 Å². The number of pyridine rings is 1. The number of non-ortho nitro benzene ring substituents is 1. The van der Waals surface area contributed by atoms with Crippen molar-refractivity contribution in [2.45, 2.75) is 9.79 Å². The van der Waals surface area contributed by atoms with Crippen molar-refractivity contribution in [3.63, 3.8) is 0 Å². The summed E-state index contributed by atoms with van der Waals surface area (Å²) in [6.45, 7) is 0. The van der Waals surface area contributed by atoms with Crippen molar-refractivity contribution in [2.75, 3.05) is 0 Å². The Morgan fingerprint density at radius 1 is 1.18 bits per heavy atom. The van der Waals surface area contributed by atoms with Gasteiger partial charge in [0.15, 0.2) is 0 Å². The van der Waals surface area contributed by atoms with E-state index in [0.717, 1.165) is 9.79 Å². The second-order valence-corrected chi connectivity index (χ2v) is 4.70. The van der Waals surface area contributed by atoms with Crippen molar-refractivity contribution in [3.8, 4) is 0 Å². The molecular weight excluding hydrogens is 260 g/mol. The normalized spacial score (nSPS) is 10.2. The van der Waals surface area contributed by atoms with Gasteiger partial charge in [0.05, 0.1) is 4.92 Å². The summed E-state index contributed by atoms with van der Waals surface area (Å²) in [6.07, 6.45) is 1.62. The molecule has 1 aromatic heterocycles. The zero-order chi connectivity index (χ0) is 12.3. The lowest BCUT2D eigenvalue weighted by Crippen LogP contribution is -1.86. The highest BCUT2D eigenvalue weighted by Crippen LogP contribution is 2.29. The van der Waals surface area contributed by atoms with Crippen LogP contribution < -0.4 is 0 Å². The van der Waals surface area contributed by atoms with Crippen LogP contribution in [-0.2, 0) is 0 Å². The van der Waals surface area contributed by atoms with E-state index in [1.807, 2.05) is 6.07 Å². The zero-order valence-corrected chi connectivity index (χ0v) is 10.1. The van der Waals surface area contributed by atoms with Gasteiger partial charge in [-0.25, -0.2) is 4.98 Å². The van der Waals surface area contributed by atoms with Crippen molar-refractivity contribution in [1.29, 1.82) is 0 Å². The summed E-state index contributed by atoms with van der Waals surface area (Å²) in [7, 11) is 0. The molecule has 86 valence electrons. The van der Waals surface area contributed by atoms with Crippen LogP contribution in [0.1, 0.15) is 0 Å². The van der Waals surface area contributed by atoms with Crippen molar-refractivity contribution in [2.24, 2.45) is 0 Å². The summed E-state index contributed by atoms with van der Waals surface area (Å²) in [6, 6.07) is 9.94. The Labute approximate surface area is 107 Å². The third-order valence-corrected chi connectivity index (χ3v) is 3.19. The van der Waals surface area contributed by atoms with Gasteiger partial charge in [-0.1, -0.05) is 23.4 Å². The van der Waals surface area contributed by atoms with E-state index in [1.54, 1.807) is 24.4 Å². The van der Waals surface area contributed by atoms with Crippen LogP contribution in [0.3, 0.4) is 0 Å². The zero-order valence-electron chi connectivity index (χ0n) is 8.54. The van der Waals surface area contributed by atoms with E-state index in [4.69, 9.17) is 11.6 Å². The molecule has 0 unspecified atom stereocenters. The first-order valence-corrected chi connectivity index (χ1v) is 5.88. The fraction of sp³-hybridized carbons (Fsp3) is 0. The van der Waals surface area contributed by atoms with Crippen molar-refractivity contribution in [1.82, 2.24) is 4.98 Å². The average Bonchev–Trinajstić information content (AvgIpc) is 2.29. The third kappa shape index (κ3) is 3.18. The number of hydrogen-bond donors (Lipinski definition) is 0. The summed E-state index contributed by atoms with van der Waals surface area (Å²) in [5, 5.41) is 10.9. The maximum atomic E-state index is 10.5. The number of aromatic nitrogens is 1.